The molecule has 2 saturated heterocycles. The number of benzene rings is 1. The summed E-state index contributed by atoms with van der Waals surface area (Å²) in [6, 6.07) is 9.45. The predicted molar refractivity (Wildman–Crippen MR) is 82.0 cm³/mol. The van der Waals surface area contributed by atoms with E-state index in [1.165, 1.54) is 0 Å². The summed E-state index contributed by atoms with van der Waals surface area (Å²) in [6.07, 6.45) is 2.96. The largest absolute Gasteiger partial charge is 0.368 e. The molecule has 118 valence electrons. The van der Waals surface area contributed by atoms with Gasteiger partial charge in [0.2, 0.25) is 5.91 Å². The van der Waals surface area contributed by atoms with Gasteiger partial charge in [0.05, 0.1) is 0 Å². The van der Waals surface area contributed by atoms with Crippen molar-refractivity contribution in [1.82, 2.24) is 10.2 Å². The first-order valence-electron chi connectivity index (χ1n) is 7.99. The molecule has 2 amide bonds. The number of carbonyl (C=O) groups excluding carboxylic acids is 2. The van der Waals surface area contributed by atoms with Gasteiger partial charge in [-0.1, -0.05) is 30.3 Å². The van der Waals surface area contributed by atoms with E-state index in [0.29, 0.717) is 19.7 Å². The van der Waals surface area contributed by atoms with Gasteiger partial charge in [-0.15, -0.1) is 0 Å². The van der Waals surface area contributed by atoms with Crippen LogP contribution in [0.25, 0.3) is 0 Å². The number of nitrogens with zero attached hydrogens (tertiary/aromatic N) is 1. The van der Waals surface area contributed by atoms with Crippen molar-refractivity contribution in [3.05, 3.63) is 35.9 Å². The lowest BCUT2D eigenvalue weighted by atomic mass is 10.1. The molecule has 2 fully saturated rings. The van der Waals surface area contributed by atoms with Gasteiger partial charge >= 0.3 is 0 Å². The van der Waals surface area contributed by atoms with Gasteiger partial charge in [-0.2, -0.15) is 0 Å². The molecule has 2 heterocycles. The number of nitrogens with one attached hydrogen (secondary N) is 1. The third kappa shape index (κ3) is 3.30. The van der Waals surface area contributed by atoms with Crippen molar-refractivity contribution in [2.24, 2.45) is 0 Å². The average Bonchev–Trinajstić information content (AvgIpc) is 3.24. The van der Waals surface area contributed by atoms with Gasteiger partial charge in [0.15, 0.2) is 0 Å². The second-order valence-corrected chi connectivity index (χ2v) is 5.89. The molecule has 2 aliphatic heterocycles. The highest BCUT2D eigenvalue weighted by Crippen LogP contribution is 2.22. The molecule has 2 aliphatic rings. The van der Waals surface area contributed by atoms with Crippen LogP contribution in [0.5, 0.6) is 0 Å². The lowest BCUT2D eigenvalue weighted by molar-refractivity contribution is -0.145. The molecule has 1 unspecified atom stereocenters. The van der Waals surface area contributed by atoms with Gasteiger partial charge in [-0.05, 0) is 31.2 Å². The van der Waals surface area contributed by atoms with Crippen molar-refractivity contribution in [3.8, 4) is 0 Å². The van der Waals surface area contributed by atoms with Crippen LogP contribution in [-0.4, -0.2) is 42.0 Å². The molecule has 1 N–H and O–H groups in total. The number of hydrogen-bond donors (Lipinski definition) is 1. The van der Waals surface area contributed by atoms with E-state index in [4.69, 9.17) is 4.74 Å². The molecule has 0 spiro atoms. The third-order valence-corrected chi connectivity index (χ3v) is 4.35. The molecule has 1 aromatic carbocycles. The van der Waals surface area contributed by atoms with Crippen molar-refractivity contribution in [2.75, 3.05) is 13.2 Å². The van der Waals surface area contributed by atoms with Crippen molar-refractivity contribution in [3.63, 3.8) is 0 Å². The second-order valence-electron chi connectivity index (χ2n) is 5.89. The van der Waals surface area contributed by atoms with Crippen LogP contribution in [0.4, 0.5) is 0 Å². The lowest BCUT2D eigenvalue weighted by Crippen LogP contribution is -2.48. The van der Waals surface area contributed by atoms with E-state index < -0.39 is 0 Å². The zero-order chi connectivity index (χ0) is 15.4. The number of amides is 2. The summed E-state index contributed by atoms with van der Waals surface area (Å²) < 4.78 is 5.46. The van der Waals surface area contributed by atoms with Gasteiger partial charge in [-0.3, -0.25) is 9.59 Å². The minimum Gasteiger partial charge on any atom is -0.368 e. The Morgan fingerprint density at radius 3 is 2.73 bits per heavy atom. The van der Waals surface area contributed by atoms with Gasteiger partial charge in [0, 0.05) is 19.7 Å². The first-order chi connectivity index (χ1) is 10.8. The summed E-state index contributed by atoms with van der Waals surface area (Å²) >= 11 is 0. The van der Waals surface area contributed by atoms with Crippen LogP contribution in [0.3, 0.4) is 0 Å². The molecule has 3 rings (SSSR count). The van der Waals surface area contributed by atoms with Crippen LogP contribution < -0.4 is 5.32 Å². The number of rotatable bonds is 4. The molecule has 0 saturated carbocycles. The molecular formula is C17H22N2O3. The Morgan fingerprint density at radius 1 is 1.18 bits per heavy atom. The van der Waals surface area contributed by atoms with Gasteiger partial charge < -0.3 is 15.0 Å². The average molecular weight is 302 g/mol. The van der Waals surface area contributed by atoms with E-state index >= 15 is 0 Å². The van der Waals surface area contributed by atoms with E-state index in [2.05, 4.69) is 5.32 Å². The van der Waals surface area contributed by atoms with Crippen molar-refractivity contribution in [2.45, 2.75) is 44.4 Å². The Balaban J connectivity index is 1.57. The van der Waals surface area contributed by atoms with Crippen LogP contribution in [0.15, 0.2) is 30.3 Å². The summed E-state index contributed by atoms with van der Waals surface area (Å²) in [5, 5.41) is 2.94. The first kappa shape index (κ1) is 15.0. The maximum atomic E-state index is 12.5. The molecule has 2 atom stereocenters. The summed E-state index contributed by atoms with van der Waals surface area (Å²) in [4.78, 5) is 26.6. The molecule has 22 heavy (non-hydrogen) atoms. The van der Waals surface area contributed by atoms with Crippen LogP contribution >= 0.6 is 0 Å². The number of ether oxygens (including phenoxy) is 1. The molecular weight excluding hydrogens is 280 g/mol. The molecule has 0 aliphatic carbocycles. The second kappa shape index (κ2) is 6.92. The van der Waals surface area contributed by atoms with Crippen molar-refractivity contribution >= 4 is 11.8 Å². The molecule has 0 aromatic heterocycles. The summed E-state index contributed by atoms with van der Waals surface area (Å²) in [5.74, 6) is -0.0810. The molecule has 0 bridgehead atoms. The van der Waals surface area contributed by atoms with Gasteiger partial charge in [0.1, 0.15) is 12.1 Å². The van der Waals surface area contributed by atoms with Crippen molar-refractivity contribution < 1.29 is 14.3 Å². The molecule has 5 heteroatoms. The highest BCUT2D eigenvalue weighted by atomic mass is 16.5. The number of carbonyl (C=O) groups is 2. The standard InChI is InChI=1S/C17H22N2O3/c20-16(18-12-13-6-2-1-3-7-13)14-8-4-10-19(14)17(21)15-9-5-11-22-15/h1-3,6-7,14-15H,4-5,8-12H2,(H,18,20)/t14-,15?/m1/s1. The highest BCUT2D eigenvalue weighted by Gasteiger charge is 2.38. The summed E-state index contributed by atoms with van der Waals surface area (Å²) in [7, 11) is 0. The normalized spacial score (nSPS) is 24.5. The Hall–Kier alpha value is -1.88. The Bertz CT molecular complexity index is 526. The third-order valence-electron chi connectivity index (χ3n) is 4.35. The molecule has 0 radical (unpaired) electrons. The topological polar surface area (TPSA) is 58.6 Å². The minimum absolute atomic E-state index is 0.0186. The van der Waals surface area contributed by atoms with E-state index in [1.807, 2.05) is 30.3 Å². The fourth-order valence-electron chi connectivity index (χ4n) is 3.16. The molecule has 1 aromatic rings. The first-order valence-corrected chi connectivity index (χ1v) is 7.99. The Morgan fingerprint density at radius 2 is 2.00 bits per heavy atom. The highest BCUT2D eigenvalue weighted by molar-refractivity contribution is 5.90. The van der Waals surface area contributed by atoms with E-state index in [0.717, 1.165) is 31.2 Å². The zero-order valence-electron chi connectivity index (χ0n) is 12.7. The SMILES string of the molecule is O=C(NCc1ccccc1)[C@H]1CCCN1C(=O)C1CCCO1. The zero-order valence-corrected chi connectivity index (χ0v) is 12.7. The Kier molecular flexibility index (Phi) is 4.73. The van der Waals surface area contributed by atoms with E-state index in [1.54, 1.807) is 4.90 Å². The van der Waals surface area contributed by atoms with Crippen molar-refractivity contribution in [1.29, 1.82) is 0 Å². The van der Waals surface area contributed by atoms with E-state index in [9.17, 15) is 9.59 Å². The molecule has 5 nitrogen and oxygen atoms in total. The fraction of sp³-hybridized carbons (Fsp3) is 0.529. The number of hydrogen-bond acceptors (Lipinski definition) is 3. The summed E-state index contributed by atoms with van der Waals surface area (Å²) in [5.41, 5.74) is 1.06. The fourth-order valence-corrected chi connectivity index (χ4v) is 3.16. The lowest BCUT2D eigenvalue weighted by Gasteiger charge is -2.26. The summed E-state index contributed by atoms with van der Waals surface area (Å²) in [6.45, 7) is 1.80. The maximum absolute atomic E-state index is 12.5. The van der Waals surface area contributed by atoms with Crippen LogP contribution in [0.2, 0.25) is 0 Å². The number of likely N-dealkylation sites (tertiary alicyclic amines) is 1. The smallest absolute Gasteiger partial charge is 0.252 e. The van der Waals surface area contributed by atoms with E-state index in [-0.39, 0.29) is 24.0 Å². The minimum atomic E-state index is -0.347. The maximum Gasteiger partial charge on any atom is 0.252 e. The van der Waals surface area contributed by atoms with Crippen LogP contribution in [-0.2, 0) is 20.9 Å². The van der Waals surface area contributed by atoms with Gasteiger partial charge in [0.25, 0.3) is 5.91 Å². The monoisotopic (exact) mass is 302 g/mol. The predicted octanol–water partition coefficient (Wildman–Crippen LogP) is 1.47. The Labute approximate surface area is 130 Å². The van der Waals surface area contributed by atoms with Crippen LogP contribution in [0, 0.1) is 0 Å². The quantitative estimate of drug-likeness (QED) is 0.916. The van der Waals surface area contributed by atoms with Gasteiger partial charge in [-0.25, -0.2) is 0 Å². The van der Waals surface area contributed by atoms with Crippen LogP contribution in [0.1, 0.15) is 31.2 Å².